The third kappa shape index (κ3) is 20.4. The van der Waals surface area contributed by atoms with Crippen LogP contribution in [-0.4, -0.2) is 144 Å². The van der Waals surface area contributed by atoms with Crippen LogP contribution in [0.25, 0.3) is 0 Å². The number of hydrogen-bond donors (Lipinski definition) is 3. The number of amides is 4. The lowest BCUT2D eigenvalue weighted by molar-refractivity contribution is -0.138. The Hall–Kier alpha value is -3.13. The molecule has 0 atom stereocenters. The minimum absolute atomic E-state index is 0.186. The molecule has 14 heteroatoms. The van der Waals surface area contributed by atoms with Crippen LogP contribution < -0.4 is 10.6 Å². The second kappa shape index (κ2) is 24.7. The van der Waals surface area contributed by atoms with Gasteiger partial charge in [-0.1, -0.05) is 0 Å². The molecule has 6 aliphatic heterocycles. The van der Waals surface area contributed by atoms with E-state index in [1.165, 1.54) is 51.6 Å². The number of nitrogens with zero attached hydrogens (tertiary/aromatic N) is 4. The van der Waals surface area contributed by atoms with Gasteiger partial charge in [-0.3, -0.25) is 14.4 Å². The van der Waals surface area contributed by atoms with Crippen LogP contribution in [0.3, 0.4) is 0 Å². The number of carboxylic acids is 1. The summed E-state index contributed by atoms with van der Waals surface area (Å²) < 4.78 is 10.7. The van der Waals surface area contributed by atoms with Gasteiger partial charge in [0.1, 0.15) is 11.2 Å². The van der Waals surface area contributed by atoms with Crippen molar-refractivity contribution in [1.82, 2.24) is 30.2 Å². The van der Waals surface area contributed by atoms with Crippen LogP contribution in [0.5, 0.6) is 0 Å². The summed E-state index contributed by atoms with van der Waals surface area (Å²) in [5.41, 5.74) is -0.922. The predicted octanol–water partition coefficient (Wildman–Crippen LogP) is 6.12. The number of ether oxygens (including phenoxy) is 2. The lowest BCUT2D eigenvalue weighted by Gasteiger charge is -2.33. The molecule has 6 fully saturated rings. The normalized spacial score (nSPS) is 21.0. The van der Waals surface area contributed by atoms with Crippen LogP contribution in [0.1, 0.15) is 138 Å². The summed E-state index contributed by atoms with van der Waals surface area (Å²) >= 11 is 0. The molecule has 328 valence electrons. The van der Waals surface area contributed by atoms with Gasteiger partial charge in [-0.2, -0.15) is 0 Å². The van der Waals surface area contributed by atoms with Crippen molar-refractivity contribution in [1.29, 1.82) is 0 Å². The molecule has 0 spiro atoms. The first-order valence-corrected chi connectivity index (χ1v) is 22.1. The van der Waals surface area contributed by atoms with Crippen LogP contribution >= 0.6 is 0 Å². The average molecular weight is 807 g/mol. The van der Waals surface area contributed by atoms with Gasteiger partial charge in [0.2, 0.25) is 11.8 Å². The fourth-order valence-corrected chi connectivity index (χ4v) is 7.94. The molecule has 0 bridgehead atoms. The molecule has 0 saturated carbocycles. The van der Waals surface area contributed by atoms with Crippen molar-refractivity contribution in [3.05, 3.63) is 0 Å². The summed E-state index contributed by atoms with van der Waals surface area (Å²) in [6, 6.07) is 0. The average Bonchev–Trinajstić information content (AvgIpc) is 3.98. The molecule has 4 amide bonds. The number of carbonyl (C=O) groups excluding carboxylic acids is 4. The van der Waals surface area contributed by atoms with Gasteiger partial charge < -0.3 is 44.8 Å². The lowest BCUT2D eigenvalue weighted by Crippen LogP contribution is -2.42. The molecule has 6 saturated heterocycles. The van der Waals surface area contributed by atoms with E-state index in [2.05, 4.69) is 10.6 Å². The Bertz CT molecular complexity index is 1210. The summed E-state index contributed by atoms with van der Waals surface area (Å²) in [6.45, 7) is 22.3. The van der Waals surface area contributed by atoms with Gasteiger partial charge in [0.25, 0.3) is 0 Å². The highest BCUT2D eigenvalue weighted by Crippen LogP contribution is 2.25. The van der Waals surface area contributed by atoms with Crippen LogP contribution in [0, 0.1) is 17.8 Å². The molecule has 0 aromatic rings. The smallest absolute Gasteiger partial charge is 0.410 e. The molecule has 0 aliphatic carbocycles. The highest BCUT2D eigenvalue weighted by Gasteiger charge is 2.30. The summed E-state index contributed by atoms with van der Waals surface area (Å²) in [6.07, 6.45) is 14.2. The molecule has 6 heterocycles. The third-order valence-electron chi connectivity index (χ3n) is 11.3. The topological polar surface area (TPSA) is 161 Å². The Balaban J connectivity index is 0.000000218. The zero-order valence-electron chi connectivity index (χ0n) is 36.4. The summed E-state index contributed by atoms with van der Waals surface area (Å²) in [4.78, 5) is 65.7. The monoisotopic (exact) mass is 807 g/mol. The van der Waals surface area contributed by atoms with Crippen molar-refractivity contribution in [2.24, 2.45) is 17.8 Å². The Morgan fingerprint density at radius 2 is 0.807 bits per heavy atom. The zero-order chi connectivity index (χ0) is 41.8. The standard InChI is InChI=1S/C16H28N2O3.C12H21NO4.C11H20N2O.C4H9N/c1-16(2,3)21-15(20)18-10-6-13(7-11-18)12-14(19)17-8-4-5-9-17;1-12(2,3)17-11(16)13-6-4-9(5-7-13)8-10(14)15;14-11(13-7-1-2-8-13)9-10-3-5-12-6-4-10;1-2-4-5-3-1/h13H,4-12H2,1-3H3;9H,4-8H2,1-3H3,(H,14,15);10,12H,1-9H2;5H,1-4H2. The number of rotatable bonds is 6. The molecule has 6 rings (SSSR count). The van der Waals surface area contributed by atoms with Gasteiger partial charge in [-0.25, -0.2) is 9.59 Å². The molecule has 57 heavy (non-hydrogen) atoms. The number of nitrogens with one attached hydrogen (secondary N) is 2. The van der Waals surface area contributed by atoms with Crippen LogP contribution in [0.15, 0.2) is 0 Å². The first kappa shape index (κ1) is 48.2. The Morgan fingerprint density at radius 3 is 1.12 bits per heavy atom. The van der Waals surface area contributed by atoms with Gasteiger partial charge in [-0.15, -0.1) is 0 Å². The molecule has 0 radical (unpaired) electrons. The van der Waals surface area contributed by atoms with E-state index in [9.17, 15) is 24.0 Å². The molecular formula is C43H78N6O8. The maximum Gasteiger partial charge on any atom is 0.410 e. The second-order valence-corrected chi connectivity index (χ2v) is 18.7. The first-order valence-electron chi connectivity index (χ1n) is 22.1. The molecular weight excluding hydrogens is 729 g/mol. The quantitative estimate of drug-likeness (QED) is 0.285. The van der Waals surface area contributed by atoms with E-state index < -0.39 is 17.2 Å². The maximum absolute atomic E-state index is 12.1. The van der Waals surface area contributed by atoms with Crippen LogP contribution in [-0.2, 0) is 23.9 Å². The fraction of sp³-hybridized carbons (Fsp3) is 0.884. The van der Waals surface area contributed by atoms with Crippen molar-refractivity contribution in [3.8, 4) is 0 Å². The van der Waals surface area contributed by atoms with E-state index in [0.717, 1.165) is 84.2 Å². The minimum atomic E-state index is -0.763. The molecule has 6 aliphatic rings. The van der Waals surface area contributed by atoms with E-state index in [4.69, 9.17) is 14.6 Å². The Labute approximate surface area is 343 Å². The van der Waals surface area contributed by atoms with E-state index in [1.54, 1.807) is 9.80 Å². The fourth-order valence-electron chi connectivity index (χ4n) is 7.94. The third-order valence-corrected chi connectivity index (χ3v) is 11.3. The predicted molar refractivity (Wildman–Crippen MR) is 222 cm³/mol. The van der Waals surface area contributed by atoms with Crippen molar-refractivity contribution < 1.29 is 38.6 Å². The van der Waals surface area contributed by atoms with E-state index in [-0.39, 0.29) is 24.5 Å². The van der Waals surface area contributed by atoms with E-state index >= 15 is 0 Å². The molecule has 0 unspecified atom stereocenters. The number of likely N-dealkylation sites (tertiary alicyclic amines) is 4. The Morgan fingerprint density at radius 1 is 0.474 bits per heavy atom. The van der Waals surface area contributed by atoms with Crippen molar-refractivity contribution in [3.63, 3.8) is 0 Å². The summed E-state index contributed by atoms with van der Waals surface area (Å²) in [7, 11) is 0. The molecule has 0 aromatic heterocycles. The largest absolute Gasteiger partial charge is 0.481 e. The van der Waals surface area contributed by atoms with Crippen molar-refractivity contribution in [2.75, 3.05) is 78.5 Å². The van der Waals surface area contributed by atoms with Gasteiger partial charge in [0.05, 0.1) is 0 Å². The highest BCUT2D eigenvalue weighted by molar-refractivity contribution is 5.77. The van der Waals surface area contributed by atoms with Gasteiger partial charge in [-0.05, 0) is 163 Å². The van der Waals surface area contributed by atoms with E-state index in [1.807, 2.05) is 51.3 Å². The number of carboxylic acid groups (broad SMARTS) is 1. The van der Waals surface area contributed by atoms with E-state index in [0.29, 0.717) is 56.3 Å². The van der Waals surface area contributed by atoms with Gasteiger partial charge in [0, 0.05) is 71.6 Å². The summed E-state index contributed by atoms with van der Waals surface area (Å²) in [5, 5.41) is 15.2. The lowest BCUT2D eigenvalue weighted by atomic mass is 9.93. The summed E-state index contributed by atoms with van der Waals surface area (Å²) in [5.74, 6) is 1.17. The van der Waals surface area contributed by atoms with Crippen molar-refractivity contribution in [2.45, 2.75) is 149 Å². The van der Waals surface area contributed by atoms with Gasteiger partial charge in [0.15, 0.2) is 0 Å². The van der Waals surface area contributed by atoms with Crippen molar-refractivity contribution >= 4 is 30.0 Å². The van der Waals surface area contributed by atoms with Crippen LogP contribution in [0.4, 0.5) is 9.59 Å². The second-order valence-electron chi connectivity index (χ2n) is 18.7. The number of aliphatic carboxylic acids is 1. The highest BCUT2D eigenvalue weighted by atomic mass is 16.6. The number of carbonyl (C=O) groups is 5. The SMILES string of the molecule is C1CCNC1.CC(C)(C)OC(=O)N1CCC(CC(=O)N2CCCC2)CC1.CC(C)(C)OC(=O)N1CCC(CC(=O)O)CC1.O=C(CC1CCNCC1)N1CCCC1. The molecule has 3 N–H and O–H groups in total. The Kier molecular flexibility index (Phi) is 20.9. The van der Waals surface area contributed by atoms with Gasteiger partial charge >= 0.3 is 18.2 Å². The number of hydrogen-bond acceptors (Lipinski definition) is 9. The maximum atomic E-state index is 12.1. The first-order chi connectivity index (χ1) is 27.0. The molecule has 14 nitrogen and oxygen atoms in total. The zero-order valence-corrected chi connectivity index (χ0v) is 36.4. The molecule has 0 aromatic carbocycles. The number of piperidine rings is 3. The minimum Gasteiger partial charge on any atom is -0.481 e. The van der Waals surface area contributed by atoms with Crippen LogP contribution in [0.2, 0.25) is 0 Å².